The van der Waals surface area contributed by atoms with E-state index in [0.717, 1.165) is 62.3 Å². The van der Waals surface area contributed by atoms with Crippen LogP contribution >= 0.6 is 24.0 Å². The van der Waals surface area contributed by atoms with E-state index in [-0.39, 0.29) is 24.4 Å². The van der Waals surface area contributed by atoms with Gasteiger partial charge in [-0.3, -0.25) is 4.79 Å². The van der Waals surface area contributed by atoms with Crippen molar-refractivity contribution in [3.8, 4) is 0 Å². The zero-order valence-corrected chi connectivity index (χ0v) is 14.8. The molecule has 2 heterocycles. The molecule has 3 fully saturated rings. The van der Waals surface area contributed by atoms with Crippen LogP contribution in [0.1, 0.15) is 43.7 Å². The molecule has 3 nitrogen and oxygen atoms in total. The molecule has 2 atom stereocenters. The highest BCUT2D eigenvalue weighted by Gasteiger charge is 2.59. The van der Waals surface area contributed by atoms with E-state index < -0.39 is 0 Å². The summed E-state index contributed by atoms with van der Waals surface area (Å²) < 4.78 is 0. The summed E-state index contributed by atoms with van der Waals surface area (Å²) in [6, 6.07) is 8.17. The fraction of sp³-hybridized carbons (Fsp3) is 0.611. The van der Waals surface area contributed by atoms with Gasteiger partial charge in [-0.1, -0.05) is 29.8 Å². The molecule has 1 aromatic carbocycles. The number of carbonyl (C=O) groups excluding carboxylic acids is 1. The minimum Gasteiger partial charge on any atom is -0.335 e. The average Bonchev–Trinajstić information content (AvgIpc) is 3.01. The van der Waals surface area contributed by atoms with Gasteiger partial charge < -0.3 is 10.2 Å². The summed E-state index contributed by atoms with van der Waals surface area (Å²) in [5, 5.41) is 4.20. The van der Waals surface area contributed by atoms with Gasteiger partial charge in [-0.2, -0.15) is 0 Å². The molecule has 1 aromatic rings. The maximum Gasteiger partial charge on any atom is 0.226 e. The molecule has 23 heavy (non-hydrogen) atoms. The second kappa shape index (κ2) is 6.62. The van der Waals surface area contributed by atoms with Crippen LogP contribution in [0.15, 0.2) is 24.3 Å². The van der Waals surface area contributed by atoms with Crippen molar-refractivity contribution in [3.05, 3.63) is 34.9 Å². The van der Waals surface area contributed by atoms with Gasteiger partial charge in [-0.05, 0) is 62.2 Å². The number of likely N-dealkylation sites (tertiary alicyclic amines) is 1. The number of amides is 1. The minimum absolute atomic E-state index is 0. The van der Waals surface area contributed by atoms with Crippen molar-refractivity contribution >= 4 is 29.9 Å². The largest absolute Gasteiger partial charge is 0.335 e. The lowest BCUT2D eigenvalue weighted by Crippen LogP contribution is -2.36. The summed E-state index contributed by atoms with van der Waals surface area (Å²) >= 11 is 6.37. The second-order valence-corrected chi connectivity index (χ2v) is 7.49. The average molecular weight is 355 g/mol. The van der Waals surface area contributed by atoms with Gasteiger partial charge in [0, 0.05) is 17.5 Å². The van der Waals surface area contributed by atoms with Crippen LogP contribution in [0.25, 0.3) is 0 Å². The molecule has 3 aliphatic rings. The fourth-order valence-corrected chi connectivity index (χ4v) is 4.74. The zero-order chi connectivity index (χ0) is 15.2. The van der Waals surface area contributed by atoms with Gasteiger partial charge in [-0.15, -0.1) is 12.4 Å². The molecular formula is C18H24Cl2N2O. The summed E-state index contributed by atoms with van der Waals surface area (Å²) in [6.45, 7) is 3.02. The molecule has 2 aliphatic heterocycles. The van der Waals surface area contributed by atoms with Crippen molar-refractivity contribution in [1.29, 1.82) is 0 Å². The Morgan fingerprint density at radius 2 is 2.00 bits per heavy atom. The maximum atomic E-state index is 13.0. The van der Waals surface area contributed by atoms with E-state index in [4.69, 9.17) is 11.6 Å². The fourth-order valence-electron chi connectivity index (χ4n) is 4.47. The molecule has 4 rings (SSSR count). The lowest BCUT2D eigenvalue weighted by molar-refractivity contribution is -0.134. The minimum atomic E-state index is 0. The monoisotopic (exact) mass is 354 g/mol. The highest BCUT2D eigenvalue weighted by molar-refractivity contribution is 6.31. The number of nitrogens with one attached hydrogen (secondary N) is 1. The van der Waals surface area contributed by atoms with Crippen molar-refractivity contribution in [2.75, 3.05) is 19.6 Å². The molecule has 0 radical (unpaired) electrons. The van der Waals surface area contributed by atoms with E-state index in [1.54, 1.807) is 0 Å². The molecule has 2 saturated heterocycles. The van der Waals surface area contributed by atoms with Crippen LogP contribution in [0.5, 0.6) is 0 Å². The third kappa shape index (κ3) is 2.99. The van der Waals surface area contributed by atoms with Crippen LogP contribution in [0, 0.1) is 11.3 Å². The first-order valence-electron chi connectivity index (χ1n) is 8.47. The van der Waals surface area contributed by atoms with E-state index in [2.05, 4.69) is 16.3 Å². The third-order valence-electron chi connectivity index (χ3n) is 5.89. The van der Waals surface area contributed by atoms with Crippen molar-refractivity contribution in [2.45, 2.75) is 38.1 Å². The van der Waals surface area contributed by atoms with Gasteiger partial charge in [0.2, 0.25) is 5.91 Å². The smallest absolute Gasteiger partial charge is 0.226 e. The molecule has 5 heteroatoms. The van der Waals surface area contributed by atoms with E-state index >= 15 is 0 Å². The molecule has 2 unspecified atom stereocenters. The number of halogens is 2. The molecular weight excluding hydrogens is 331 g/mol. The Hall–Kier alpha value is -0.770. The molecule has 1 N–H and O–H groups in total. The van der Waals surface area contributed by atoms with Crippen molar-refractivity contribution in [1.82, 2.24) is 10.2 Å². The van der Waals surface area contributed by atoms with Gasteiger partial charge in [0.25, 0.3) is 0 Å². The first-order valence-corrected chi connectivity index (χ1v) is 8.85. The molecule has 0 aromatic heterocycles. The Kier molecular flexibility index (Phi) is 4.91. The van der Waals surface area contributed by atoms with Gasteiger partial charge in [0.05, 0.1) is 6.04 Å². The molecule has 1 aliphatic carbocycles. The lowest BCUT2D eigenvalue weighted by atomic mass is 9.91. The highest BCUT2D eigenvalue weighted by Crippen LogP contribution is 2.60. The van der Waals surface area contributed by atoms with Crippen molar-refractivity contribution in [2.24, 2.45) is 11.3 Å². The third-order valence-corrected chi connectivity index (χ3v) is 6.23. The summed E-state index contributed by atoms with van der Waals surface area (Å²) in [5.74, 6) is 0.641. The first kappa shape index (κ1) is 17.1. The van der Waals surface area contributed by atoms with Gasteiger partial charge in [0.1, 0.15) is 0 Å². The lowest BCUT2D eigenvalue weighted by Gasteiger charge is -2.29. The number of rotatable bonds is 2. The Balaban J connectivity index is 0.00000156. The number of nitrogens with zero attached hydrogens (tertiary/aromatic N) is 1. The summed E-state index contributed by atoms with van der Waals surface area (Å²) in [6.07, 6.45) is 5.54. The standard InChI is InChI=1S/C18H23ClN2O.ClH/c19-15-5-2-1-4-13(15)16-6-3-11-21(16)17(22)14-12-18(14)7-9-20-10-8-18;/h1-2,4-5,14,16,20H,3,6-12H2;1H. The molecule has 1 amide bonds. The number of benzene rings is 1. The summed E-state index contributed by atoms with van der Waals surface area (Å²) in [7, 11) is 0. The number of hydrogen-bond donors (Lipinski definition) is 1. The molecule has 1 spiro atoms. The zero-order valence-electron chi connectivity index (χ0n) is 13.3. The van der Waals surface area contributed by atoms with Crippen molar-refractivity contribution < 1.29 is 4.79 Å². The topological polar surface area (TPSA) is 32.3 Å². The van der Waals surface area contributed by atoms with Gasteiger partial charge in [-0.25, -0.2) is 0 Å². The van der Waals surface area contributed by atoms with E-state index in [9.17, 15) is 4.79 Å². The predicted molar refractivity (Wildman–Crippen MR) is 95.0 cm³/mol. The Morgan fingerprint density at radius 3 is 2.74 bits per heavy atom. The van der Waals surface area contributed by atoms with Gasteiger partial charge >= 0.3 is 0 Å². The highest BCUT2D eigenvalue weighted by atomic mass is 35.5. The number of piperidine rings is 1. The Morgan fingerprint density at radius 1 is 1.26 bits per heavy atom. The van der Waals surface area contributed by atoms with E-state index in [1.807, 2.05) is 18.2 Å². The van der Waals surface area contributed by atoms with Crippen LogP contribution in [0.4, 0.5) is 0 Å². The van der Waals surface area contributed by atoms with Crippen LogP contribution in [-0.2, 0) is 4.79 Å². The number of carbonyl (C=O) groups is 1. The van der Waals surface area contributed by atoms with Crippen LogP contribution in [0.2, 0.25) is 5.02 Å². The first-order chi connectivity index (χ1) is 10.7. The van der Waals surface area contributed by atoms with Crippen LogP contribution in [0.3, 0.4) is 0 Å². The quantitative estimate of drug-likeness (QED) is 0.875. The molecule has 1 saturated carbocycles. The van der Waals surface area contributed by atoms with Crippen molar-refractivity contribution in [3.63, 3.8) is 0 Å². The van der Waals surface area contributed by atoms with Crippen LogP contribution < -0.4 is 5.32 Å². The summed E-state index contributed by atoms with van der Waals surface area (Å²) in [5.41, 5.74) is 1.44. The second-order valence-electron chi connectivity index (χ2n) is 7.08. The maximum absolute atomic E-state index is 13.0. The number of hydrogen-bond acceptors (Lipinski definition) is 2. The predicted octanol–water partition coefficient (Wildman–Crippen LogP) is 3.82. The normalized spacial score (nSPS) is 28.5. The molecule has 0 bridgehead atoms. The van der Waals surface area contributed by atoms with Gasteiger partial charge in [0.15, 0.2) is 0 Å². The Labute approximate surface area is 149 Å². The van der Waals surface area contributed by atoms with E-state index in [0.29, 0.717) is 11.3 Å². The Bertz CT molecular complexity index is 586. The molecule has 126 valence electrons. The van der Waals surface area contributed by atoms with E-state index in [1.165, 1.54) is 0 Å². The summed E-state index contributed by atoms with van der Waals surface area (Å²) in [4.78, 5) is 15.2. The van der Waals surface area contributed by atoms with Crippen LogP contribution in [-0.4, -0.2) is 30.4 Å². The SMILES string of the molecule is Cl.O=C(C1CC12CCNCC2)N1CCCC1c1ccccc1Cl.